The van der Waals surface area contributed by atoms with E-state index in [0.29, 0.717) is 24.3 Å². The van der Waals surface area contributed by atoms with Crippen molar-refractivity contribution in [2.45, 2.75) is 44.1 Å². The molecule has 11 heteroatoms. The molecule has 34 heavy (non-hydrogen) atoms. The van der Waals surface area contributed by atoms with Gasteiger partial charge in [-0.05, 0) is 50.4 Å². The number of hydrogen-bond acceptors (Lipinski definition) is 5. The van der Waals surface area contributed by atoms with Gasteiger partial charge in [0.2, 0.25) is 0 Å². The molecule has 2 aromatic rings. The third-order valence-corrected chi connectivity index (χ3v) is 6.21. The summed E-state index contributed by atoms with van der Waals surface area (Å²) in [5, 5.41) is 6.02. The normalized spacial score (nSPS) is 21.3. The molecule has 3 heterocycles. The summed E-state index contributed by atoms with van der Waals surface area (Å²) in [7, 11) is 0. The van der Waals surface area contributed by atoms with E-state index in [9.17, 15) is 26.7 Å². The molecule has 0 saturated carbocycles. The van der Waals surface area contributed by atoms with Gasteiger partial charge >= 0.3 is 6.36 Å². The van der Waals surface area contributed by atoms with Crippen LogP contribution in [-0.2, 0) is 4.74 Å². The number of rotatable bonds is 6. The van der Waals surface area contributed by atoms with Crippen molar-refractivity contribution in [3.8, 4) is 11.1 Å². The highest BCUT2D eigenvalue weighted by Crippen LogP contribution is 2.40. The zero-order chi connectivity index (χ0) is 24.5. The molecule has 1 unspecified atom stereocenters. The average molecular weight is 484 g/mol. The molecule has 1 aromatic heterocycles. The maximum atomic E-state index is 14.0. The first-order chi connectivity index (χ1) is 16.1. The Morgan fingerprint density at radius 3 is 2.62 bits per heavy atom. The van der Waals surface area contributed by atoms with Crippen molar-refractivity contribution in [3.63, 3.8) is 0 Å². The number of nitrogens with one attached hydrogen (secondary N) is 2. The van der Waals surface area contributed by atoms with Crippen LogP contribution in [0.1, 0.15) is 36.5 Å². The molecular weight excluding hydrogens is 459 g/mol. The summed E-state index contributed by atoms with van der Waals surface area (Å²) >= 11 is 0. The summed E-state index contributed by atoms with van der Waals surface area (Å²) in [4.78, 5) is 19.2. The van der Waals surface area contributed by atoms with Gasteiger partial charge in [0.15, 0.2) is 0 Å². The first-order valence-electron chi connectivity index (χ1n) is 11.0. The number of hydrogen-bond donors (Lipinski definition) is 2. The van der Waals surface area contributed by atoms with Crippen LogP contribution in [-0.4, -0.2) is 55.1 Å². The lowest BCUT2D eigenvalue weighted by Gasteiger charge is -2.28. The van der Waals surface area contributed by atoms with E-state index >= 15 is 0 Å². The summed E-state index contributed by atoms with van der Waals surface area (Å²) in [5.74, 6) is -2.20. The zero-order valence-electron chi connectivity index (χ0n) is 18.5. The molecule has 0 aliphatic carbocycles. The van der Waals surface area contributed by atoms with Crippen molar-refractivity contribution >= 4 is 11.6 Å². The van der Waals surface area contributed by atoms with Gasteiger partial charge in [-0.15, -0.1) is 13.2 Å². The van der Waals surface area contributed by atoms with E-state index < -0.39 is 36.6 Å². The smallest absolute Gasteiger partial charge is 0.368 e. The van der Waals surface area contributed by atoms with Gasteiger partial charge in [-0.1, -0.05) is 0 Å². The van der Waals surface area contributed by atoms with Gasteiger partial charge in [0.1, 0.15) is 11.6 Å². The topological polar surface area (TPSA) is 66.5 Å². The second kappa shape index (κ2) is 9.46. The van der Waals surface area contributed by atoms with E-state index in [2.05, 4.69) is 20.4 Å². The van der Waals surface area contributed by atoms with Crippen LogP contribution in [0.3, 0.4) is 0 Å². The number of pyridine rings is 1. The minimum atomic E-state index is -4.81. The van der Waals surface area contributed by atoms with Crippen molar-refractivity contribution in [1.29, 1.82) is 0 Å². The monoisotopic (exact) mass is 484 g/mol. The van der Waals surface area contributed by atoms with Crippen LogP contribution in [0.4, 0.5) is 27.6 Å². The molecule has 2 saturated heterocycles. The Kier molecular flexibility index (Phi) is 6.77. The standard InChI is InChI=1S/C23H25F5N4O2/c1-14(12-34-23(26,27)28)31-21(33)19-11-29-10-18(15-7-16(24)9-17(25)8-15)20(19)32-6-4-22(13-32)3-2-5-30-22/h7-11,14,30H,2-6,12-13H2,1H3,(H,31,33)/t14-,22?/m1/s1. The first-order valence-corrected chi connectivity index (χ1v) is 11.0. The highest BCUT2D eigenvalue weighted by atomic mass is 19.4. The Morgan fingerprint density at radius 2 is 1.97 bits per heavy atom. The molecule has 184 valence electrons. The van der Waals surface area contributed by atoms with Crippen LogP contribution in [0.2, 0.25) is 0 Å². The maximum absolute atomic E-state index is 14.0. The van der Waals surface area contributed by atoms with Crippen molar-refractivity contribution in [2.75, 3.05) is 31.1 Å². The lowest BCUT2D eigenvalue weighted by molar-refractivity contribution is -0.325. The predicted octanol–water partition coefficient (Wildman–Crippen LogP) is 4.01. The number of benzene rings is 1. The quantitative estimate of drug-likeness (QED) is 0.607. The fraction of sp³-hybridized carbons (Fsp3) is 0.478. The second-order valence-corrected chi connectivity index (χ2v) is 8.85. The minimum Gasteiger partial charge on any atom is -0.368 e. The summed E-state index contributed by atoms with van der Waals surface area (Å²) < 4.78 is 69.0. The van der Waals surface area contributed by atoms with Crippen LogP contribution >= 0.6 is 0 Å². The van der Waals surface area contributed by atoms with Crippen molar-refractivity contribution in [3.05, 3.63) is 47.8 Å². The number of ether oxygens (including phenoxy) is 1. The zero-order valence-corrected chi connectivity index (χ0v) is 18.5. The summed E-state index contributed by atoms with van der Waals surface area (Å²) in [5.41, 5.74) is 1.00. The highest BCUT2D eigenvalue weighted by molar-refractivity contribution is 6.03. The van der Waals surface area contributed by atoms with Gasteiger partial charge in [0.05, 0.1) is 23.9 Å². The molecule has 2 aliphatic rings. The Hall–Kier alpha value is -2.79. The van der Waals surface area contributed by atoms with Crippen molar-refractivity contribution in [2.24, 2.45) is 0 Å². The van der Waals surface area contributed by atoms with Gasteiger partial charge in [-0.25, -0.2) is 8.78 Å². The summed E-state index contributed by atoms with van der Waals surface area (Å²) in [6.45, 7) is 2.68. The van der Waals surface area contributed by atoms with E-state index in [1.165, 1.54) is 19.3 Å². The first kappa shape index (κ1) is 24.3. The Balaban J connectivity index is 1.69. The van der Waals surface area contributed by atoms with Gasteiger partial charge in [-0.2, -0.15) is 0 Å². The SMILES string of the molecule is C[C@H](COC(F)(F)F)NC(=O)c1cncc(-c2cc(F)cc(F)c2)c1N1CCC2(CCCN2)C1. The third kappa shape index (κ3) is 5.47. The number of anilines is 1. The molecule has 6 nitrogen and oxygen atoms in total. The van der Waals surface area contributed by atoms with Crippen LogP contribution in [0.15, 0.2) is 30.6 Å². The molecule has 4 rings (SSSR count). The number of halogens is 5. The van der Waals surface area contributed by atoms with E-state index in [1.807, 2.05) is 4.90 Å². The molecule has 1 spiro atoms. The molecule has 2 N–H and O–H groups in total. The maximum Gasteiger partial charge on any atom is 0.522 e. The molecule has 2 fully saturated rings. The van der Waals surface area contributed by atoms with Crippen molar-refractivity contribution < 1.29 is 31.5 Å². The van der Waals surface area contributed by atoms with E-state index in [0.717, 1.165) is 44.0 Å². The lowest BCUT2D eigenvalue weighted by Crippen LogP contribution is -2.43. The Labute approximate surface area is 193 Å². The van der Waals surface area contributed by atoms with Gasteiger partial charge in [0, 0.05) is 42.7 Å². The predicted molar refractivity (Wildman–Crippen MR) is 115 cm³/mol. The van der Waals surface area contributed by atoms with Gasteiger partial charge < -0.3 is 15.5 Å². The molecule has 2 atom stereocenters. The van der Waals surface area contributed by atoms with Gasteiger partial charge in [-0.3, -0.25) is 14.5 Å². The molecule has 0 radical (unpaired) electrons. The van der Waals surface area contributed by atoms with Crippen LogP contribution < -0.4 is 15.5 Å². The second-order valence-electron chi connectivity index (χ2n) is 8.85. The number of carbonyl (C=O) groups is 1. The van der Waals surface area contributed by atoms with E-state index in [4.69, 9.17) is 0 Å². The Morgan fingerprint density at radius 1 is 1.24 bits per heavy atom. The fourth-order valence-corrected chi connectivity index (χ4v) is 4.72. The van der Waals surface area contributed by atoms with Crippen LogP contribution in [0, 0.1) is 11.6 Å². The molecule has 1 aromatic carbocycles. The van der Waals surface area contributed by atoms with Crippen molar-refractivity contribution in [1.82, 2.24) is 15.6 Å². The number of amides is 1. The molecular formula is C23H25F5N4O2. The molecule has 1 amide bonds. The number of nitrogens with zero attached hydrogens (tertiary/aromatic N) is 2. The minimum absolute atomic E-state index is 0.107. The number of carbonyl (C=O) groups excluding carboxylic acids is 1. The fourth-order valence-electron chi connectivity index (χ4n) is 4.72. The van der Waals surface area contributed by atoms with Gasteiger partial charge in [0.25, 0.3) is 5.91 Å². The lowest BCUT2D eigenvalue weighted by atomic mass is 9.96. The largest absolute Gasteiger partial charge is 0.522 e. The molecule has 0 bridgehead atoms. The third-order valence-electron chi connectivity index (χ3n) is 6.21. The van der Waals surface area contributed by atoms with Crippen LogP contribution in [0.25, 0.3) is 11.1 Å². The van der Waals surface area contributed by atoms with E-state index in [-0.39, 0.29) is 16.7 Å². The number of alkyl halides is 3. The average Bonchev–Trinajstić information content (AvgIpc) is 3.40. The molecule has 2 aliphatic heterocycles. The highest BCUT2D eigenvalue weighted by Gasteiger charge is 2.41. The number of aromatic nitrogens is 1. The Bertz CT molecular complexity index is 1040. The summed E-state index contributed by atoms with van der Waals surface area (Å²) in [6.07, 6.45) is 0.744. The van der Waals surface area contributed by atoms with Crippen LogP contribution in [0.5, 0.6) is 0 Å². The van der Waals surface area contributed by atoms with E-state index in [1.54, 1.807) is 0 Å². The summed E-state index contributed by atoms with van der Waals surface area (Å²) in [6, 6.07) is 2.12.